The number of hydrogen-bond donors (Lipinski definition) is 1. The van der Waals surface area contributed by atoms with Crippen LogP contribution in [0.25, 0.3) is 16.7 Å². The minimum absolute atomic E-state index is 0.0587. The molecule has 1 aromatic heterocycles. The average molecular weight is 408 g/mol. The number of thioether (sulfide) groups is 1. The molecule has 0 atom stereocenters. The molecule has 0 aliphatic carbocycles. The van der Waals surface area contributed by atoms with Crippen LogP contribution >= 0.6 is 23.4 Å². The Balaban J connectivity index is 1.50. The number of halogens is 1. The number of hydrogen-bond acceptors (Lipinski definition) is 3. The monoisotopic (exact) mass is 407 g/mol. The van der Waals surface area contributed by atoms with Crippen molar-refractivity contribution >= 4 is 40.3 Å². The number of fused-ring (bicyclic) bond motifs is 1. The molecule has 3 aromatic carbocycles. The first-order chi connectivity index (χ1) is 13.7. The Hall–Kier alpha value is -2.76. The molecule has 6 heteroatoms. The zero-order valence-corrected chi connectivity index (χ0v) is 16.6. The van der Waals surface area contributed by atoms with Gasteiger partial charge in [-0.1, -0.05) is 71.9 Å². The molecule has 0 bridgehead atoms. The van der Waals surface area contributed by atoms with E-state index in [2.05, 4.69) is 9.88 Å². The van der Waals surface area contributed by atoms with Crippen molar-refractivity contribution in [2.24, 2.45) is 0 Å². The number of rotatable bonds is 6. The Morgan fingerprint density at radius 2 is 1.68 bits per heavy atom. The number of nitrogens with zero attached hydrogens (tertiary/aromatic N) is 2. The van der Waals surface area contributed by atoms with Crippen LogP contribution in [-0.4, -0.2) is 21.2 Å². The molecule has 0 spiro atoms. The van der Waals surface area contributed by atoms with E-state index in [1.54, 1.807) is 0 Å². The lowest BCUT2D eigenvalue weighted by Crippen LogP contribution is -2.24. The van der Waals surface area contributed by atoms with Gasteiger partial charge in [0.15, 0.2) is 5.16 Å². The van der Waals surface area contributed by atoms with E-state index < -0.39 is 0 Å². The van der Waals surface area contributed by atoms with Gasteiger partial charge in [0.2, 0.25) is 5.91 Å². The van der Waals surface area contributed by atoms with Gasteiger partial charge in [0, 0.05) is 17.3 Å². The summed E-state index contributed by atoms with van der Waals surface area (Å²) in [5, 5.41) is 4.37. The second-order valence-corrected chi connectivity index (χ2v) is 7.56. The van der Waals surface area contributed by atoms with E-state index in [1.165, 1.54) is 11.8 Å². The average Bonchev–Trinajstić information content (AvgIpc) is 3.10. The number of aromatic nitrogens is 2. The highest BCUT2D eigenvalue weighted by atomic mass is 35.5. The van der Waals surface area contributed by atoms with Crippen LogP contribution in [0.5, 0.6) is 0 Å². The highest BCUT2D eigenvalue weighted by Gasteiger charge is 2.14. The van der Waals surface area contributed by atoms with E-state index >= 15 is 0 Å². The van der Waals surface area contributed by atoms with E-state index in [4.69, 9.17) is 16.6 Å². The first-order valence-corrected chi connectivity index (χ1v) is 10.2. The normalized spacial score (nSPS) is 10.9. The van der Waals surface area contributed by atoms with Gasteiger partial charge in [-0.15, -0.1) is 0 Å². The first-order valence-electron chi connectivity index (χ1n) is 8.88. The Labute approximate surface area is 172 Å². The molecule has 4 nitrogen and oxygen atoms in total. The summed E-state index contributed by atoms with van der Waals surface area (Å²) in [6.45, 7) is 0.411. The number of carbonyl (C=O) groups is 1. The van der Waals surface area contributed by atoms with Crippen molar-refractivity contribution in [1.29, 1.82) is 0 Å². The Morgan fingerprint density at radius 3 is 2.50 bits per heavy atom. The van der Waals surface area contributed by atoms with Gasteiger partial charge in [-0.3, -0.25) is 9.36 Å². The van der Waals surface area contributed by atoms with E-state index in [9.17, 15) is 4.79 Å². The van der Waals surface area contributed by atoms with Crippen LogP contribution in [0.15, 0.2) is 84.0 Å². The van der Waals surface area contributed by atoms with Crippen molar-refractivity contribution in [2.75, 3.05) is 5.75 Å². The van der Waals surface area contributed by atoms with Gasteiger partial charge in [-0.05, 0) is 35.9 Å². The van der Waals surface area contributed by atoms with Crippen molar-refractivity contribution < 1.29 is 4.79 Å². The van der Waals surface area contributed by atoms with Gasteiger partial charge in [-0.2, -0.15) is 0 Å². The minimum Gasteiger partial charge on any atom is -0.351 e. The van der Waals surface area contributed by atoms with Crippen LogP contribution in [-0.2, 0) is 11.3 Å². The van der Waals surface area contributed by atoms with Crippen molar-refractivity contribution in [2.45, 2.75) is 11.7 Å². The molecule has 0 saturated carbocycles. The van der Waals surface area contributed by atoms with E-state index in [1.807, 2.05) is 78.9 Å². The maximum atomic E-state index is 12.4. The molecule has 28 heavy (non-hydrogen) atoms. The third-order valence-electron chi connectivity index (χ3n) is 4.31. The topological polar surface area (TPSA) is 46.9 Å². The summed E-state index contributed by atoms with van der Waals surface area (Å²) in [5.41, 5.74) is 3.85. The molecule has 1 heterocycles. The van der Waals surface area contributed by atoms with E-state index in [0.717, 1.165) is 27.4 Å². The molecule has 140 valence electrons. The molecule has 4 aromatic rings. The second-order valence-electron chi connectivity index (χ2n) is 6.21. The van der Waals surface area contributed by atoms with Gasteiger partial charge in [-0.25, -0.2) is 4.98 Å². The highest BCUT2D eigenvalue weighted by Crippen LogP contribution is 2.27. The molecular weight excluding hydrogens is 390 g/mol. The maximum Gasteiger partial charge on any atom is 0.230 e. The van der Waals surface area contributed by atoms with Crippen LogP contribution in [0.1, 0.15) is 5.56 Å². The van der Waals surface area contributed by atoms with Crippen molar-refractivity contribution in [3.8, 4) is 5.69 Å². The first kappa shape index (κ1) is 18.6. The fraction of sp³-hybridized carbons (Fsp3) is 0.0909. The van der Waals surface area contributed by atoms with Crippen LogP contribution in [0.2, 0.25) is 5.02 Å². The number of para-hydroxylation sites is 3. The van der Waals surface area contributed by atoms with Crippen molar-refractivity contribution in [3.05, 3.63) is 89.4 Å². The predicted octanol–water partition coefficient (Wildman–Crippen LogP) is 5.09. The fourth-order valence-corrected chi connectivity index (χ4v) is 4.00. The largest absolute Gasteiger partial charge is 0.351 e. The lowest BCUT2D eigenvalue weighted by molar-refractivity contribution is -0.118. The fourth-order valence-electron chi connectivity index (χ4n) is 2.94. The summed E-state index contributed by atoms with van der Waals surface area (Å²) in [6, 6.07) is 25.5. The summed E-state index contributed by atoms with van der Waals surface area (Å²) in [7, 11) is 0. The van der Waals surface area contributed by atoms with Gasteiger partial charge in [0.25, 0.3) is 0 Å². The maximum absolute atomic E-state index is 12.4. The molecule has 0 radical (unpaired) electrons. The van der Waals surface area contributed by atoms with E-state index in [-0.39, 0.29) is 11.7 Å². The molecule has 0 aliphatic rings. The number of imidazole rings is 1. The molecule has 0 unspecified atom stereocenters. The third kappa shape index (κ3) is 4.06. The number of nitrogens with one attached hydrogen (secondary N) is 1. The third-order valence-corrected chi connectivity index (χ3v) is 5.62. The summed E-state index contributed by atoms with van der Waals surface area (Å²) in [4.78, 5) is 17.1. The molecule has 1 N–H and O–H groups in total. The summed E-state index contributed by atoms with van der Waals surface area (Å²) in [6.07, 6.45) is 0. The summed E-state index contributed by atoms with van der Waals surface area (Å²) < 4.78 is 2.08. The van der Waals surface area contributed by atoms with Crippen LogP contribution in [0, 0.1) is 0 Å². The molecule has 0 saturated heterocycles. The number of amides is 1. The van der Waals surface area contributed by atoms with Crippen molar-refractivity contribution in [3.63, 3.8) is 0 Å². The van der Waals surface area contributed by atoms with E-state index in [0.29, 0.717) is 11.6 Å². The number of carbonyl (C=O) groups excluding carboxylic acids is 1. The lowest BCUT2D eigenvalue weighted by atomic mass is 10.2. The Morgan fingerprint density at radius 1 is 0.964 bits per heavy atom. The molecule has 1 amide bonds. The SMILES string of the molecule is O=C(CSc1nc2ccccc2n1-c1ccccc1)NCc1ccccc1Cl. The van der Waals surface area contributed by atoms with Gasteiger partial charge < -0.3 is 5.32 Å². The van der Waals surface area contributed by atoms with Crippen LogP contribution < -0.4 is 5.32 Å². The predicted molar refractivity (Wildman–Crippen MR) is 115 cm³/mol. The van der Waals surface area contributed by atoms with Crippen LogP contribution in [0.3, 0.4) is 0 Å². The van der Waals surface area contributed by atoms with Gasteiger partial charge >= 0.3 is 0 Å². The molecular formula is C22H18ClN3OS. The van der Waals surface area contributed by atoms with Crippen LogP contribution in [0.4, 0.5) is 0 Å². The molecule has 0 fully saturated rings. The summed E-state index contributed by atoms with van der Waals surface area (Å²) >= 11 is 7.57. The lowest BCUT2D eigenvalue weighted by Gasteiger charge is -2.09. The zero-order chi connectivity index (χ0) is 19.3. The standard InChI is InChI=1S/C22H18ClN3OS/c23-18-11-5-4-8-16(18)14-24-21(27)15-28-22-25-19-12-6-7-13-20(19)26(22)17-9-2-1-3-10-17/h1-13H,14-15H2,(H,24,27). The Bertz CT molecular complexity index is 1110. The number of benzene rings is 3. The zero-order valence-electron chi connectivity index (χ0n) is 15.0. The molecule has 0 aliphatic heterocycles. The second kappa shape index (κ2) is 8.50. The quantitative estimate of drug-likeness (QED) is 0.453. The van der Waals surface area contributed by atoms with Gasteiger partial charge in [0.05, 0.1) is 16.8 Å². The van der Waals surface area contributed by atoms with Gasteiger partial charge in [0.1, 0.15) is 0 Å². The van der Waals surface area contributed by atoms with Crippen molar-refractivity contribution in [1.82, 2.24) is 14.9 Å². The summed E-state index contributed by atoms with van der Waals surface area (Å²) in [5.74, 6) is 0.220. The molecule has 4 rings (SSSR count). The Kier molecular flexibility index (Phi) is 5.65. The smallest absolute Gasteiger partial charge is 0.230 e. The highest BCUT2D eigenvalue weighted by molar-refractivity contribution is 7.99. The minimum atomic E-state index is -0.0587.